The van der Waals surface area contributed by atoms with Gasteiger partial charge in [-0.2, -0.15) is 0 Å². The topological polar surface area (TPSA) is 87.2 Å². The van der Waals surface area contributed by atoms with Crippen molar-refractivity contribution >= 4 is 17.7 Å². The van der Waals surface area contributed by atoms with Crippen LogP contribution in [0, 0.1) is 0 Å². The number of amides is 3. The average molecular weight is 437 g/mol. The number of nitrogens with zero attached hydrogens (tertiary/aromatic N) is 2. The van der Waals surface area contributed by atoms with Gasteiger partial charge in [-0.25, -0.2) is 0 Å². The van der Waals surface area contributed by atoms with Gasteiger partial charge in [0.1, 0.15) is 5.75 Å². The number of imide groups is 1. The molecule has 1 saturated heterocycles. The summed E-state index contributed by atoms with van der Waals surface area (Å²) in [6.45, 7) is 0.0933. The van der Waals surface area contributed by atoms with E-state index in [0.717, 1.165) is 12.8 Å². The van der Waals surface area contributed by atoms with Gasteiger partial charge in [0.05, 0.1) is 25.2 Å². The summed E-state index contributed by atoms with van der Waals surface area (Å²) in [7, 11) is 3.16. The lowest BCUT2D eigenvalue weighted by Crippen LogP contribution is -2.44. The summed E-state index contributed by atoms with van der Waals surface area (Å²) in [6, 6.07) is 16.1. The molecule has 3 amide bonds. The molecule has 0 spiro atoms. The van der Waals surface area contributed by atoms with Gasteiger partial charge in [0.15, 0.2) is 0 Å². The predicted octanol–water partition coefficient (Wildman–Crippen LogP) is 2.44. The van der Waals surface area contributed by atoms with Crippen LogP contribution in [0.25, 0.3) is 0 Å². The van der Waals surface area contributed by atoms with Crippen LogP contribution in [-0.4, -0.2) is 59.4 Å². The van der Waals surface area contributed by atoms with Gasteiger partial charge in [-0.05, 0) is 36.1 Å². The minimum absolute atomic E-state index is 0.0323. The van der Waals surface area contributed by atoms with Crippen molar-refractivity contribution in [2.75, 3.05) is 20.7 Å². The lowest BCUT2D eigenvalue weighted by Gasteiger charge is -2.30. The number of hydrogen-bond donors (Lipinski definition) is 1. The highest BCUT2D eigenvalue weighted by atomic mass is 16.5. The van der Waals surface area contributed by atoms with Crippen molar-refractivity contribution in [2.45, 2.75) is 43.2 Å². The molecule has 2 fully saturated rings. The zero-order valence-corrected chi connectivity index (χ0v) is 18.4. The smallest absolute Gasteiger partial charge is 0.241 e. The maximum atomic E-state index is 13.5. The van der Waals surface area contributed by atoms with Crippen LogP contribution >= 0.6 is 0 Å². The van der Waals surface area contributed by atoms with Crippen molar-refractivity contribution in [3.05, 3.63) is 65.7 Å². The normalized spacial score (nSPS) is 21.5. The van der Waals surface area contributed by atoms with Crippen LogP contribution in [0.3, 0.4) is 0 Å². The zero-order chi connectivity index (χ0) is 22.9. The van der Waals surface area contributed by atoms with Crippen LogP contribution in [0.15, 0.2) is 54.6 Å². The molecule has 1 aliphatic carbocycles. The van der Waals surface area contributed by atoms with Crippen molar-refractivity contribution in [1.29, 1.82) is 0 Å². The number of ether oxygens (including phenoxy) is 1. The van der Waals surface area contributed by atoms with E-state index in [1.54, 1.807) is 50.6 Å². The molecule has 1 heterocycles. The van der Waals surface area contributed by atoms with E-state index < -0.39 is 11.5 Å². The molecule has 168 valence electrons. The summed E-state index contributed by atoms with van der Waals surface area (Å²) in [6.07, 6.45) is 0.618. The SMILES string of the molecule is COc1ccc([C@]2(CC(=O)N(C)C[C@@H](O)c3ccccc3)CC(=O)N(C3CC3)C2=O)cc1. The van der Waals surface area contributed by atoms with Crippen molar-refractivity contribution in [2.24, 2.45) is 0 Å². The van der Waals surface area contributed by atoms with E-state index >= 15 is 0 Å². The van der Waals surface area contributed by atoms with E-state index in [0.29, 0.717) is 16.9 Å². The largest absolute Gasteiger partial charge is 0.497 e. The molecule has 32 heavy (non-hydrogen) atoms. The standard InChI is InChI=1S/C25H28N2O5/c1-26(16-21(28)17-6-4-3-5-7-17)22(29)14-25(18-8-12-20(32-2)13-9-18)15-23(30)27(24(25)31)19-10-11-19/h3-9,12-13,19,21,28H,10-11,14-16H2,1-2H3/t21-,25+/m1/s1. The zero-order valence-electron chi connectivity index (χ0n) is 18.4. The highest BCUT2D eigenvalue weighted by Crippen LogP contribution is 2.44. The number of methoxy groups -OCH3 is 1. The Labute approximate surface area is 187 Å². The summed E-state index contributed by atoms with van der Waals surface area (Å²) in [4.78, 5) is 42.3. The van der Waals surface area contributed by atoms with Gasteiger partial charge in [-0.15, -0.1) is 0 Å². The van der Waals surface area contributed by atoms with Gasteiger partial charge >= 0.3 is 0 Å². The van der Waals surface area contributed by atoms with Crippen LogP contribution in [0.1, 0.15) is 42.9 Å². The first kappa shape index (κ1) is 22.0. The number of aliphatic hydroxyl groups excluding tert-OH is 1. The second-order valence-electron chi connectivity index (χ2n) is 8.66. The van der Waals surface area contributed by atoms with Gasteiger partial charge in [0.2, 0.25) is 17.7 Å². The van der Waals surface area contributed by atoms with Crippen molar-refractivity contribution in [3.8, 4) is 5.75 Å². The fourth-order valence-electron chi connectivity index (χ4n) is 4.38. The molecule has 1 N–H and O–H groups in total. The van der Waals surface area contributed by atoms with Crippen LogP contribution in [0.5, 0.6) is 5.75 Å². The molecule has 7 heteroatoms. The van der Waals surface area contributed by atoms with E-state index in [2.05, 4.69) is 0 Å². The van der Waals surface area contributed by atoms with Gasteiger partial charge < -0.3 is 14.7 Å². The van der Waals surface area contributed by atoms with Crippen LogP contribution < -0.4 is 4.74 Å². The molecule has 2 aliphatic rings. The first-order valence-electron chi connectivity index (χ1n) is 10.8. The molecular formula is C25H28N2O5. The molecule has 0 radical (unpaired) electrons. The molecule has 0 aromatic heterocycles. The van der Waals surface area contributed by atoms with Crippen LogP contribution in [0.4, 0.5) is 0 Å². The molecule has 0 unspecified atom stereocenters. The highest BCUT2D eigenvalue weighted by Gasteiger charge is 2.57. The first-order valence-corrected chi connectivity index (χ1v) is 10.8. The van der Waals surface area contributed by atoms with Gasteiger partial charge in [0.25, 0.3) is 0 Å². The van der Waals surface area contributed by atoms with Gasteiger partial charge in [0, 0.05) is 25.9 Å². The number of hydrogen-bond acceptors (Lipinski definition) is 5. The second-order valence-corrected chi connectivity index (χ2v) is 8.66. The third kappa shape index (κ3) is 4.12. The van der Waals surface area contributed by atoms with Crippen molar-refractivity contribution in [1.82, 2.24) is 9.80 Å². The minimum Gasteiger partial charge on any atom is -0.497 e. The van der Waals surface area contributed by atoms with E-state index in [4.69, 9.17) is 4.74 Å². The number of benzene rings is 2. The van der Waals surface area contributed by atoms with Crippen molar-refractivity contribution < 1.29 is 24.2 Å². The van der Waals surface area contributed by atoms with Crippen LogP contribution in [-0.2, 0) is 19.8 Å². The van der Waals surface area contributed by atoms with E-state index in [9.17, 15) is 19.5 Å². The Hall–Kier alpha value is -3.19. The van der Waals surface area contributed by atoms with E-state index in [1.165, 1.54) is 9.80 Å². The Balaban J connectivity index is 1.58. The molecule has 1 saturated carbocycles. The molecule has 7 nitrogen and oxygen atoms in total. The van der Waals surface area contributed by atoms with Crippen LogP contribution in [0.2, 0.25) is 0 Å². The number of carbonyl (C=O) groups is 3. The maximum Gasteiger partial charge on any atom is 0.241 e. The minimum atomic E-state index is -1.24. The Morgan fingerprint density at radius 1 is 1.16 bits per heavy atom. The molecule has 2 atom stereocenters. The second kappa shape index (κ2) is 8.74. The Bertz CT molecular complexity index is 1000. The predicted molar refractivity (Wildman–Crippen MR) is 118 cm³/mol. The summed E-state index contributed by atoms with van der Waals surface area (Å²) in [5.41, 5.74) is 0.101. The van der Waals surface area contributed by atoms with Gasteiger partial charge in [-0.3, -0.25) is 19.3 Å². The molecule has 4 rings (SSSR count). The number of likely N-dealkylation sites (tertiary alicyclic amines) is 1. The highest BCUT2D eigenvalue weighted by molar-refractivity contribution is 6.11. The van der Waals surface area contributed by atoms with Crippen molar-refractivity contribution in [3.63, 3.8) is 0 Å². The number of rotatable bonds is 8. The third-order valence-corrected chi connectivity index (χ3v) is 6.41. The molecule has 2 aromatic rings. The first-order chi connectivity index (χ1) is 15.4. The molecule has 1 aliphatic heterocycles. The quantitative estimate of drug-likeness (QED) is 0.643. The average Bonchev–Trinajstić information content (AvgIpc) is 3.60. The number of aliphatic hydroxyl groups is 1. The number of likely N-dealkylation sites (N-methyl/N-ethyl adjacent to an activating group) is 1. The molecule has 0 bridgehead atoms. The molecular weight excluding hydrogens is 408 g/mol. The monoisotopic (exact) mass is 436 g/mol. The fraction of sp³-hybridized carbons (Fsp3) is 0.400. The summed E-state index contributed by atoms with van der Waals surface area (Å²) >= 11 is 0. The van der Waals surface area contributed by atoms with E-state index in [1.807, 2.05) is 18.2 Å². The summed E-state index contributed by atoms with van der Waals surface area (Å²) < 4.78 is 5.22. The summed E-state index contributed by atoms with van der Waals surface area (Å²) in [5.74, 6) is -0.197. The lowest BCUT2D eigenvalue weighted by atomic mass is 9.75. The lowest BCUT2D eigenvalue weighted by molar-refractivity contribution is -0.143. The maximum absolute atomic E-state index is 13.5. The molecule has 2 aromatic carbocycles. The Morgan fingerprint density at radius 3 is 2.41 bits per heavy atom. The third-order valence-electron chi connectivity index (χ3n) is 6.41. The summed E-state index contributed by atoms with van der Waals surface area (Å²) in [5, 5.41) is 10.5. The Morgan fingerprint density at radius 2 is 1.81 bits per heavy atom. The van der Waals surface area contributed by atoms with Gasteiger partial charge in [-0.1, -0.05) is 42.5 Å². The Kier molecular flexibility index (Phi) is 6.02. The fourth-order valence-corrected chi connectivity index (χ4v) is 4.38. The van der Waals surface area contributed by atoms with E-state index in [-0.39, 0.29) is 43.1 Å². The number of carbonyl (C=O) groups excluding carboxylic acids is 3.